The van der Waals surface area contributed by atoms with Crippen molar-refractivity contribution < 1.29 is 14.7 Å². The van der Waals surface area contributed by atoms with Crippen LogP contribution >= 0.6 is 0 Å². The standard InChI is InChI=1S/C15H21NO3/c1-11-5-4-6-12(9-11)7-8-16-13(17)10-15(2,3)14(18)19/h4-6,9H,7-8,10H2,1-3H3,(H,16,17)(H,18,19). The number of aliphatic carboxylic acids is 1. The van der Waals surface area contributed by atoms with E-state index in [1.807, 2.05) is 25.1 Å². The van der Waals surface area contributed by atoms with Crippen LogP contribution in [-0.2, 0) is 16.0 Å². The third-order valence-electron chi connectivity index (χ3n) is 3.00. The average Bonchev–Trinajstić information content (AvgIpc) is 2.28. The highest BCUT2D eigenvalue weighted by Crippen LogP contribution is 2.19. The van der Waals surface area contributed by atoms with E-state index in [9.17, 15) is 9.59 Å². The summed E-state index contributed by atoms with van der Waals surface area (Å²) in [5.74, 6) is -1.18. The molecule has 0 heterocycles. The van der Waals surface area contributed by atoms with E-state index < -0.39 is 11.4 Å². The molecule has 0 spiro atoms. The summed E-state index contributed by atoms with van der Waals surface area (Å²) in [6.07, 6.45) is 0.747. The second-order valence-corrected chi connectivity index (χ2v) is 5.45. The van der Waals surface area contributed by atoms with Crippen LogP contribution in [0.15, 0.2) is 24.3 Å². The van der Waals surface area contributed by atoms with Gasteiger partial charge in [-0.3, -0.25) is 9.59 Å². The summed E-state index contributed by atoms with van der Waals surface area (Å²) in [5.41, 5.74) is 1.33. The minimum atomic E-state index is -1.02. The van der Waals surface area contributed by atoms with Crippen molar-refractivity contribution in [2.24, 2.45) is 5.41 Å². The zero-order valence-electron chi connectivity index (χ0n) is 11.7. The van der Waals surface area contributed by atoms with Crippen molar-refractivity contribution in [3.05, 3.63) is 35.4 Å². The molecule has 4 nitrogen and oxygen atoms in total. The van der Waals surface area contributed by atoms with Gasteiger partial charge in [-0.2, -0.15) is 0 Å². The Morgan fingerprint density at radius 1 is 1.32 bits per heavy atom. The van der Waals surface area contributed by atoms with Gasteiger partial charge in [0.05, 0.1) is 5.41 Å². The van der Waals surface area contributed by atoms with Gasteiger partial charge in [-0.15, -0.1) is 0 Å². The molecule has 1 aromatic rings. The molecule has 0 unspecified atom stereocenters. The third kappa shape index (κ3) is 5.12. The van der Waals surface area contributed by atoms with Gasteiger partial charge < -0.3 is 10.4 Å². The normalized spacial score (nSPS) is 11.1. The van der Waals surface area contributed by atoms with Gasteiger partial charge in [0.15, 0.2) is 0 Å². The van der Waals surface area contributed by atoms with E-state index in [2.05, 4.69) is 11.4 Å². The largest absolute Gasteiger partial charge is 0.481 e. The number of nitrogens with one attached hydrogen (secondary N) is 1. The van der Waals surface area contributed by atoms with Crippen molar-refractivity contribution in [2.45, 2.75) is 33.6 Å². The lowest BCUT2D eigenvalue weighted by molar-refractivity contribution is -0.149. The molecule has 0 radical (unpaired) electrons. The lowest BCUT2D eigenvalue weighted by Gasteiger charge is -2.18. The van der Waals surface area contributed by atoms with Crippen LogP contribution in [0.1, 0.15) is 31.4 Å². The number of benzene rings is 1. The Hall–Kier alpha value is -1.84. The molecule has 19 heavy (non-hydrogen) atoms. The molecule has 1 rings (SSSR count). The first-order chi connectivity index (χ1) is 8.81. The molecule has 4 heteroatoms. The summed E-state index contributed by atoms with van der Waals surface area (Å²) >= 11 is 0. The number of carbonyl (C=O) groups excluding carboxylic acids is 1. The second-order valence-electron chi connectivity index (χ2n) is 5.45. The molecular weight excluding hydrogens is 242 g/mol. The predicted octanol–water partition coefficient (Wildman–Crippen LogP) is 2.15. The van der Waals surface area contributed by atoms with Crippen molar-refractivity contribution in [3.8, 4) is 0 Å². The van der Waals surface area contributed by atoms with E-state index in [-0.39, 0.29) is 12.3 Å². The lowest BCUT2D eigenvalue weighted by atomic mass is 9.89. The Morgan fingerprint density at radius 2 is 2.00 bits per heavy atom. The van der Waals surface area contributed by atoms with Crippen LogP contribution in [0.4, 0.5) is 0 Å². The van der Waals surface area contributed by atoms with E-state index in [0.717, 1.165) is 12.0 Å². The smallest absolute Gasteiger partial charge is 0.309 e. The predicted molar refractivity (Wildman–Crippen MR) is 73.9 cm³/mol. The SMILES string of the molecule is Cc1cccc(CCNC(=O)CC(C)(C)C(=O)O)c1. The Morgan fingerprint density at radius 3 is 2.58 bits per heavy atom. The highest BCUT2D eigenvalue weighted by Gasteiger charge is 2.29. The molecule has 2 N–H and O–H groups in total. The molecule has 0 fully saturated rings. The maximum Gasteiger partial charge on any atom is 0.309 e. The Kier molecular flexibility index (Phi) is 5.10. The van der Waals surface area contributed by atoms with Crippen molar-refractivity contribution in [3.63, 3.8) is 0 Å². The van der Waals surface area contributed by atoms with Gasteiger partial charge in [0.25, 0.3) is 0 Å². The van der Waals surface area contributed by atoms with E-state index in [4.69, 9.17) is 5.11 Å². The van der Waals surface area contributed by atoms with Gasteiger partial charge in [0.1, 0.15) is 0 Å². The van der Waals surface area contributed by atoms with Gasteiger partial charge in [-0.25, -0.2) is 0 Å². The molecule has 0 aliphatic rings. The summed E-state index contributed by atoms with van der Waals surface area (Å²) < 4.78 is 0. The number of carboxylic acid groups (broad SMARTS) is 1. The maximum atomic E-state index is 11.6. The van der Waals surface area contributed by atoms with Crippen LogP contribution in [0.25, 0.3) is 0 Å². The molecule has 1 amide bonds. The zero-order valence-corrected chi connectivity index (χ0v) is 11.7. The molecule has 104 valence electrons. The fourth-order valence-corrected chi connectivity index (χ4v) is 1.75. The summed E-state index contributed by atoms with van der Waals surface area (Å²) in [7, 11) is 0. The van der Waals surface area contributed by atoms with Crippen molar-refractivity contribution in [1.29, 1.82) is 0 Å². The fraction of sp³-hybridized carbons (Fsp3) is 0.467. The summed E-state index contributed by atoms with van der Waals surface area (Å²) in [6, 6.07) is 8.10. The van der Waals surface area contributed by atoms with Crippen LogP contribution in [0.3, 0.4) is 0 Å². The molecule has 0 atom stereocenters. The number of carboxylic acids is 1. The Balaban J connectivity index is 2.37. The summed E-state index contributed by atoms with van der Waals surface area (Å²) in [6.45, 7) is 5.65. The van der Waals surface area contributed by atoms with Gasteiger partial charge >= 0.3 is 5.97 Å². The molecule has 0 aliphatic heterocycles. The van der Waals surface area contributed by atoms with Crippen molar-refractivity contribution >= 4 is 11.9 Å². The summed E-state index contributed by atoms with van der Waals surface area (Å²) in [5, 5.41) is 11.7. The minimum Gasteiger partial charge on any atom is -0.481 e. The molecule has 0 saturated heterocycles. The van der Waals surface area contributed by atoms with E-state index in [1.165, 1.54) is 5.56 Å². The molecule has 1 aromatic carbocycles. The van der Waals surface area contributed by atoms with Crippen LogP contribution in [0.2, 0.25) is 0 Å². The van der Waals surface area contributed by atoms with E-state index in [0.29, 0.717) is 6.54 Å². The van der Waals surface area contributed by atoms with Gasteiger partial charge in [-0.05, 0) is 32.8 Å². The minimum absolute atomic E-state index is 0.00382. The van der Waals surface area contributed by atoms with E-state index in [1.54, 1.807) is 13.8 Å². The molecule has 0 aromatic heterocycles. The highest BCUT2D eigenvalue weighted by molar-refractivity contribution is 5.84. The second kappa shape index (κ2) is 6.36. The fourth-order valence-electron chi connectivity index (χ4n) is 1.75. The van der Waals surface area contributed by atoms with Crippen LogP contribution < -0.4 is 5.32 Å². The van der Waals surface area contributed by atoms with Crippen LogP contribution in [-0.4, -0.2) is 23.5 Å². The topological polar surface area (TPSA) is 66.4 Å². The number of aryl methyl sites for hydroxylation is 1. The molecule has 0 saturated carbocycles. The Labute approximate surface area is 113 Å². The zero-order chi connectivity index (χ0) is 14.5. The van der Waals surface area contributed by atoms with Gasteiger partial charge in [-0.1, -0.05) is 29.8 Å². The summed E-state index contributed by atoms with van der Waals surface area (Å²) in [4.78, 5) is 22.6. The first-order valence-corrected chi connectivity index (χ1v) is 6.37. The molecular formula is C15H21NO3. The van der Waals surface area contributed by atoms with Crippen LogP contribution in [0, 0.1) is 12.3 Å². The third-order valence-corrected chi connectivity index (χ3v) is 3.00. The monoisotopic (exact) mass is 263 g/mol. The number of hydrogen-bond donors (Lipinski definition) is 2. The first kappa shape index (κ1) is 15.2. The average molecular weight is 263 g/mol. The van der Waals surface area contributed by atoms with Gasteiger partial charge in [0, 0.05) is 13.0 Å². The Bertz CT molecular complexity index is 466. The quantitative estimate of drug-likeness (QED) is 0.826. The van der Waals surface area contributed by atoms with Gasteiger partial charge in [0.2, 0.25) is 5.91 Å². The maximum absolute atomic E-state index is 11.6. The molecule has 0 aliphatic carbocycles. The van der Waals surface area contributed by atoms with Crippen molar-refractivity contribution in [1.82, 2.24) is 5.32 Å². The van der Waals surface area contributed by atoms with Crippen LogP contribution in [0.5, 0.6) is 0 Å². The number of amides is 1. The number of rotatable bonds is 6. The number of hydrogen-bond acceptors (Lipinski definition) is 2. The highest BCUT2D eigenvalue weighted by atomic mass is 16.4. The molecule has 0 bridgehead atoms. The lowest BCUT2D eigenvalue weighted by Crippen LogP contribution is -2.34. The number of carbonyl (C=O) groups is 2. The van der Waals surface area contributed by atoms with E-state index >= 15 is 0 Å². The first-order valence-electron chi connectivity index (χ1n) is 6.37. The van der Waals surface area contributed by atoms with Crippen molar-refractivity contribution in [2.75, 3.05) is 6.54 Å².